The van der Waals surface area contributed by atoms with Crippen LogP contribution in [0.25, 0.3) is 0 Å². The molecule has 0 aliphatic carbocycles. The summed E-state index contributed by atoms with van der Waals surface area (Å²) in [5, 5.41) is 13.4. The van der Waals surface area contributed by atoms with Gasteiger partial charge in [0, 0.05) is 12.1 Å². The van der Waals surface area contributed by atoms with Gasteiger partial charge < -0.3 is 10.1 Å². The molecule has 0 radical (unpaired) electrons. The minimum atomic E-state index is -0.714. The summed E-state index contributed by atoms with van der Waals surface area (Å²) < 4.78 is 4.95. The number of nitrogens with one attached hydrogen (secondary N) is 1. The van der Waals surface area contributed by atoms with Crippen LogP contribution in [0.3, 0.4) is 0 Å². The lowest BCUT2D eigenvalue weighted by Gasteiger charge is -2.15. The van der Waals surface area contributed by atoms with Gasteiger partial charge in [-0.1, -0.05) is 18.2 Å². The average Bonchev–Trinajstić information content (AvgIpc) is 2.62. The number of aryl methyl sites for hydroxylation is 2. The minimum Gasteiger partial charge on any atom is -0.452 e. The van der Waals surface area contributed by atoms with E-state index in [1.165, 1.54) is 29.8 Å². The molecule has 0 aromatic heterocycles. The average molecular weight is 356 g/mol. The second-order valence-electron chi connectivity index (χ2n) is 6.01. The maximum Gasteiger partial charge on any atom is 0.338 e. The smallest absolute Gasteiger partial charge is 0.338 e. The maximum atomic E-state index is 12.0. The summed E-state index contributed by atoms with van der Waals surface area (Å²) in [5.41, 5.74) is 3.28. The van der Waals surface area contributed by atoms with Crippen LogP contribution < -0.4 is 5.32 Å². The van der Waals surface area contributed by atoms with Crippen LogP contribution in [0.15, 0.2) is 42.5 Å². The first-order valence-corrected chi connectivity index (χ1v) is 8.06. The first-order chi connectivity index (χ1) is 12.3. The Balaban J connectivity index is 1.88. The van der Waals surface area contributed by atoms with Crippen molar-refractivity contribution in [1.82, 2.24) is 5.32 Å². The SMILES string of the molecule is Cc1ccc([C@H](C)NC(=O)COC(=O)c2ccc([N+](=O)[O-])cc2)cc1C. The first kappa shape index (κ1) is 19.1. The molecule has 1 amide bonds. The molecular formula is C19H20N2O5. The van der Waals surface area contributed by atoms with E-state index in [1.54, 1.807) is 0 Å². The minimum absolute atomic E-state index is 0.124. The highest BCUT2D eigenvalue weighted by Crippen LogP contribution is 2.17. The molecule has 0 aliphatic rings. The fraction of sp³-hybridized carbons (Fsp3) is 0.263. The quantitative estimate of drug-likeness (QED) is 0.487. The van der Waals surface area contributed by atoms with Crippen LogP contribution >= 0.6 is 0 Å². The Morgan fingerprint density at radius 1 is 1.12 bits per heavy atom. The third-order valence-electron chi connectivity index (χ3n) is 4.06. The van der Waals surface area contributed by atoms with E-state index in [1.807, 2.05) is 39.0 Å². The molecule has 2 aromatic rings. The standard InChI is InChI=1S/C19H20N2O5/c1-12-4-5-16(10-13(12)2)14(3)20-18(22)11-26-19(23)15-6-8-17(9-7-15)21(24)25/h4-10,14H,11H2,1-3H3,(H,20,22)/t14-/m0/s1. The fourth-order valence-corrected chi connectivity index (χ4v) is 2.33. The van der Waals surface area contributed by atoms with E-state index >= 15 is 0 Å². The van der Waals surface area contributed by atoms with Crippen molar-refractivity contribution in [3.8, 4) is 0 Å². The van der Waals surface area contributed by atoms with E-state index in [9.17, 15) is 19.7 Å². The predicted octanol–water partition coefficient (Wildman–Crippen LogP) is 3.25. The molecule has 136 valence electrons. The Hall–Kier alpha value is -3.22. The van der Waals surface area contributed by atoms with E-state index in [0.717, 1.165) is 11.1 Å². The van der Waals surface area contributed by atoms with Crippen molar-refractivity contribution in [2.24, 2.45) is 0 Å². The van der Waals surface area contributed by atoms with Crippen molar-refractivity contribution in [3.05, 3.63) is 74.8 Å². The lowest BCUT2D eigenvalue weighted by Crippen LogP contribution is -2.31. The van der Waals surface area contributed by atoms with Gasteiger partial charge in [-0.2, -0.15) is 0 Å². The van der Waals surface area contributed by atoms with E-state index in [4.69, 9.17) is 4.74 Å². The van der Waals surface area contributed by atoms with Gasteiger partial charge in [-0.3, -0.25) is 14.9 Å². The Morgan fingerprint density at radius 2 is 1.77 bits per heavy atom. The topological polar surface area (TPSA) is 98.5 Å². The molecule has 1 N–H and O–H groups in total. The van der Waals surface area contributed by atoms with Crippen LogP contribution in [-0.4, -0.2) is 23.4 Å². The van der Waals surface area contributed by atoms with Gasteiger partial charge in [0.2, 0.25) is 0 Å². The summed E-state index contributed by atoms with van der Waals surface area (Å²) in [6.07, 6.45) is 0. The summed E-state index contributed by atoms with van der Waals surface area (Å²) in [4.78, 5) is 33.9. The van der Waals surface area contributed by atoms with Crippen LogP contribution in [0.2, 0.25) is 0 Å². The fourth-order valence-electron chi connectivity index (χ4n) is 2.33. The number of nitrogens with zero attached hydrogens (tertiary/aromatic N) is 1. The molecule has 0 spiro atoms. The lowest BCUT2D eigenvalue weighted by atomic mass is 10.0. The van der Waals surface area contributed by atoms with Crippen molar-refractivity contribution in [3.63, 3.8) is 0 Å². The monoisotopic (exact) mass is 356 g/mol. The number of amides is 1. The highest BCUT2D eigenvalue weighted by atomic mass is 16.6. The highest BCUT2D eigenvalue weighted by molar-refractivity contribution is 5.91. The third-order valence-corrected chi connectivity index (χ3v) is 4.06. The molecule has 0 heterocycles. The van der Waals surface area contributed by atoms with Gasteiger partial charge in [-0.05, 0) is 49.6 Å². The van der Waals surface area contributed by atoms with Crippen molar-refractivity contribution < 1.29 is 19.2 Å². The number of rotatable bonds is 6. The van der Waals surface area contributed by atoms with E-state index in [2.05, 4.69) is 5.32 Å². The van der Waals surface area contributed by atoms with Gasteiger partial charge in [-0.25, -0.2) is 4.79 Å². The summed E-state index contributed by atoms with van der Waals surface area (Å²) in [6.45, 7) is 5.44. The highest BCUT2D eigenvalue weighted by Gasteiger charge is 2.14. The third kappa shape index (κ3) is 4.89. The number of carbonyl (C=O) groups excluding carboxylic acids is 2. The number of ether oxygens (including phenoxy) is 1. The Kier molecular flexibility index (Phi) is 6.06. The van der Waals surface area contributed by atoms with Crippen molar-refractivity contribution in [2.75, 3.05) is 6.61 Å². The van der Waals surface area contributed by atoms with Crippen LogP contribution in [0.1, 0.15) is 40.0 Å². The molecule has 0 saturated heterocycles. The van der Waals surface area contributed by atoms with Gasteiger partial charge in [0.05, 0.1) is 16.5 Å². The number of hydrogen-bond donors (Lipinski definition) is 1. The van der Waals surface area contributed by atoms with Crippen LogP contribution in [0.5, 0.6) is 0 Å². The summed E-state index contributed by atoms with van der Waals surface area (Å²) in [5.74, 6) is -1.14. The van der Waals surface area contributed by atoms with Gasteiger partial charge in [0.15, 0.2) is 6.61 Å². The second-order valence-corrected chi connectivity index (χ2v) is 6.01. The molecule has 26 heavy (non-hydrogen) atoms. The number of carbonyl (C=O) groups is 2. The summed E-state index contributed by atoms with van der Waals surface area (Å²) in [6, 6.07) is 10.7. The number of esters is 1. The van der Waals surface area contributed by atoms with Gasteiger partial charge in [0.1, 0.15) is 0 Å². The van der Waals surface area contributed by atoms with Gasteiger partial charge in [0.25, 0.3) is 11.6 Å². The second kappa shape index (κ2) is 8.24. The number of non-ortho nitro benzene ring substituents is 1. The van der Waals surface area contributed by atoms with E-state index in [-0.39, 0.29) is 17.3 Å². The van der Waals surface area contributed by atoms with Gasteiger partial charge in [-0.15, -0.1) is 0 Å². The Morgan fingerprint density at radius 3 is 2.35 bits per heavy atom. The molecule has 7 heteroatoms. The zero-order valence-electron chi connectivity index (χ0n) is 14.8. The zero-order chi connectivity index (χ0) is 19.3. The molecule has 1 atom stereocenters. The van der Waals surface area contributed by atoms with Crippen molar-refractivity contribution >= 4 is 17.6 Å². The zero-order valence-corrected chi connectivity index (χ0v) is 14.8. The molecule has 2 aromatic carbocycles. The molecule has 0 unspecified atom stereocenters. The molecule has 2 rings (SSSR count). The van der Waals surface area contributed by atoms with Crippen molar-refractivity contribution in [1.29, 1.82) is 0 Å². The molecule has 7 nitrogen and oxygen atoms in total. The van der Waals surface area contributed by atoms with Crippen LogP contribution in [0, 0.1) is 24.0 Å². The molecular weight excluding hydrogens is 336 g/mol. The molecule has 0 fully saturated rings. The number of nitro groups is 1. The van der Waals surface area contributed by atoms with Crippen LogP contribution in [0.4, 0.5) is 5.69 Å². The van der Waals surface area contributed by atoms with Crippen LogP contribution in [-0.2, 0) is 9.53 Å². The summed E-state index contributed by atoms with van der Waals surface area (Å²) >= 11 is 0. The number of nitro benzene ring substituents is 1. The Bertz CT molecular complexity index is 830. The Labute approximate surface area is 151 Å². The molecule has 0 aliphatic heterocycles. The van der Waals surface area contributed by atoms with Gasteiger partial charge >= 0.3 is 5.97 Å². The predicted molar refractivity (Wildman–Crippen MR) is 95.9 cm³/mol. The van der Waals surface area contributed by atoms with E-state index < -0.39 is 23.4 Å². The van der Waals surface area contributed by atoms with E-state index in [0.29, 0.717) is 0 Å². The van der Waals surface area contributed by atoms with Crippen molar-refractivity contribution in [2.45, 2.75) is 26.8 Å². The largest absolute Gasteiger partial charge is 0.452 e. The number of hydrogen-bond acceptors (Lipinski definition) is 5. The maximum absolute atomic E-state index is 12.0. The molecule has 0 saturated carbocycles. The normalized spacial score (nSPS) is 11.5. The number of benzene rings is 2. The molecule has 0 bridgehead atoms. The summed E-state index contributed by atoms with van der Waals surface area (Å²) in [7, 11) is 0. The first-order valence-electron chi connectivity index (χ1n) is 8.06. The lowest BCUT2D eigenvalue weighted by molar-refractivity contribution is -0.384.